The fourth-order valence-electron chi connectivity index (χ4n) is 2.69. The van der Waals surface area contributed by atoms with Crippen molar-refractivity contribution in [3.63, 3.8) is 0 Å². The Hall–Kier alpha value is -1.78. The number of thiocarbonyl (C=S) groups is 1. The monoisotopic (exact) mass is 384 g/mol. The lowest BCUT2D eigenvalue weighted by Crippen LogP contribution is -2.39. The van der Waals surface area contributed by atoms with Gasteiger partial charge in [0.2, 0.25) is 0 Å². The molecular formula is C14H12N2O5S3. The highest BCUT2D eigenvalue weighted by Gasteiger charge is 2.42. The third kappa shape index (κ3) is 3.21. The normalized spacial score (nSPS) is 24.8. The molecular weight excluding hydrogens is 372 g/mol. The standard InChI is InChI=1S/C14H12N2O5S3/c17-13-12(7-9-3-1-2-4-11(9)16(18)19)23-14(22)15(13)10-5-6-24(20,21)8-10/h1-4,7,10H,5-6,8H2/b12-7+/t10-/m1/s1. The molecule has 0 aromatic heterocycles. The summed E-state index contributed by atoms with van der Waals surface area (Å²) in [5.41, 5.74) is 0.202. The van der Waals surface area contributed by atoms with Crippen molar-refractivity contribution >= 4 is 55.8 Å². The summed E-state index contributed by atoms with van der Waals surface area (Å²) in [7, 11) is -3.15. The Labute approximate surface area is 147 Å². The zero-order valence-corrected chi connectivity index (χ0v) is 14.7. The molecule has 24 heavy (non-hydrogen) atoms. The van der Waals surface area contributed by atoms with Crippen molar-refractivity contribution in [1.29, 1.82) is 0 Å². The van der Waals surface area contributed by atoms with Gasteiger partial charge >= 0.3 is 0 Å². The summed E-state index contributed by atoms with van der Waals surface area (Å²) in [6.07, 6.45) is 1.79. The van der Waals surface area contributed by atoms with Gasteiger partial charge in [-0.05, 0) is 18.6 Å². The van der Waals surface area contributed by atoms with Gasteiger partial charge in [0.05, 0.1) is 32.9 Å². The fraction of sp³-hybridized carbons (Fsp3) is 0.286. The van der Waals surface area contributed by atoms with E-state index in [1.54, 1.807) is 18.2 Å². The van der Waals surface area contributed by atoms with Crippen LogP contribution in [0, 0.1) is 10.1 Å². The predicted octanol–water partition coefficient (Wildman–Crippen LogP) is 1.98. The topological polar surface area (TPSA) is 97.6 Å². The highest BCUT2D eigenvalue weighted by molar-refractivity contribution is 8.26. The summed E-state index contributed by atoms with van der Waals surface area (Å²) >= 11 is 6.24. The van der Waals surface area contributed by atoms with Crippen molar-refractivity contribution < 1.29 is 18.1 Å². The molecule has 2 aliphatic rings. The largest absolute Gasteiger partial charge is 0.289 e. The van der Waals surface area contributed by atoms with Crippen molar-refractivity contribution in [3.05, 3.63) is 44.8 Å². The molecule has 2 heterocycles. The molecule has 0 N–H and O–H groups in total. The minimum absolute atomic E-state index is 0.0396. The molecule has 0 radical (unpaired) electrons. The van der Waals surface area contributed by atoms with Gasteiger partial charge in [-0.3, -0.25) is 19.8 Å². The van der Waals surface area contributed by atoms with E-state index in [9.17, 15) is 23.3 Å². The van der Waals surface area contributed by atoms with Crippen molar-refractivity contribution in [1.82, 2.24) is 4.90 Å². The lowest BCUT2D eigenvalue weighted by molar-refractivity contribution is -0.385. The van der Waals surface area contributed by atoms with Crippen LogP contribution in [-0.2, 0) is 14.6 Å². The second-order valence-corrected chi connectivity index (χ2v) is 9.33. The van der Waals surface area contributed by atoms with Crippen LogP contribution in [0.5, 0.6) is 0 Å². The molecule has 10 heteroatoms. The molecule has 2 fully saturated rings. The summed E-state index contributed by atoms with van der Waals surface area (Å²) < 4.78 is 23.5. The highest BCUT2D eigenvalue weighted by Crippen LogP contribution is 2.37. The number of sulfone groups is 1. The van der Waals surface area contributed by atoms with E-state index < -0.39 is 26.7 Å². The molecule has 126 valence electrons. The van der Waals surface area contributed by atoms with Gasteiger partial charge in [0, 0.05) is 6.07 Å². The summed E-state index contributed by atoms with van der Waals surface area (Å²) in [6.45, 7) is 0. The van der Waals surface area contributed by atoms with Crippen LogP contribution in [0.1, 0.15) is 12.0 Å². The zero-order valence-electron chi connectivity index (χ0n) is 12.2. The second-order valence-electron chi connectivity index (χ2n) is 5.42. The van der Waals surface area contributed by atoms with Crippen LogP contribution in [0.3, 0.4) is 0 Å². The van der Waals surface area contributed by atoms with E-state index in [2.05, 4.69) is 0 Å². The Kier molecular flexibility index (Phi) is 4.45. The first-order valence-corrected chi connectivity index (χ1v) is 10.0. The maximum atomic E-state index is 12.6. The summed E-state index contributed by atoms with van der Waals surface area (Å²) in [4.78, 5) is 24.7. The number of nitro benzene ring substituents is 1. The molecule has 3 rings (SSSR count). The van der Waals surface area contributed by atoms with Crippen molar-refractivity contribution in [3.8, 4) is 0 Å². The van der Waals surface area contributed by atoms with E-state index >= 15 is 0 Å². The molecule has 2 aliphatic heterocycles. The molecule has 0 bridgehead atoms. The van der Waals surface area contributed by atoms with Gasteiger partial charge in [-0.15, -0.1) is 0 Å². The maximum absolute atomic E-state index is 12.6. The Balaban J connectivity index is 1.91. The third-order valence-electron chi connectivity index (χ3n) is 3.82. The lowest BCUT2D eigenvalue weighted by atomic mass is 10.1. The van der Waals surface area contributed by atoms with Gasteiger partial charge in [0.15, 0.2) is 9.84 Å². The van der Waals surface area contributed by atoms with Crippen LogP contribution in [0.15, 0.2) is 29.2 Å². The Morgan fingerprint density at radius 2 is 2.08 bits per heavy atom. The molecule has 7 nitrogen and oxygen atoms in total. The first kappa shape index (κ1) is 17.1. The fourth-order valence-corrected chi connectivity index (χ4v) is 5.78. The molecule has 1 amide bonds. The number of amides is 1. The molecule has 1 aromatic rings. The number of carbonyl (C=O) groups is 1. The summed E-state index contributed by atoms with van der Waals surface area (Å²) in [5, 5.41) is 11.1. The highest BCUT2D eigenvalue weighted by atomic mass is 32.2. The van der Waals surface area contributed by atoms with Crippen LogP contribution in [-0.4, -0.2) is 46.0 Å². The number of hydrogen-bond acceptors (Lipinski definition) is 7. The smallest absolute Gasteiger partial charge is 0.276 e. The van der Waals surface area contributed by atoms with Gasteiger partial charge in [-0.1, -0.05) is 36.1 Å². The lowest BCUT2D eigenvalue weighted by Gasteiger charge is -2.20. The molecule has 0 unspecified atom stereocenters. The van der Waals surface area contributed by atoms with Gasteiger partial charge in [0.1, 0.15) is 4.32 Å². The Bertz CT molecular complexity index is 878. The zero-order chi connectivity index (χ0) is 17.5. The third-order valence-corrected chi connectivity index (χ3v) is 6.90. The second kappa shape index (κ2) is 6.26. The SMILES string of the molecule is O=C1/C(=C\c2ccccc2[N+](=O)[O-])SC(=S)N1[C@@H]1CCS(=O)(=O)C1. The van der Waals surface area contributed by atoms with E-state index in [0.717, 1.165) is 11.8 Å². The minimum Gasteiger partial charge on any atom is -0.289 e. The quantitative estimate of drug-likeness (QED) is 0.340. The van der Waals surface area contributed by atoms with Crippen LogP contribution in [0.25, 0.3) is 6.08 Å². The molecule has 2 saturated heterocycles. The molecule has 0 saturated carbocycles. The number of para-hydroxylation sites is 1. The molecule has 1 atom stereocenters. The Morgan fingerprint density at radius 1 is 1.38 bits per heavy atom. The average molecular weight is 384 g/mol. The molecule has 0 aliphatic carbocycles. The number of rotatable bonds is 3. The number of thioether (sulfide) groups is 1. The number of hydrogen-bond donors (Lipinski definition) is 0. The van der Waals surface area contributed by atoms with E-state index in [4.69, 9.17) is 12.2 Å². The van der Waals surface area contributed by atoms with Gasteiger partial charge in [-0.2, -0.15) is 0 Å². The number of carbonyl (C=O) groups excluding carboxylic acids is 1. The van der Waals surface area contributed by atoms with Gasteiger partial charge < -0.3 is 0 Å². The van der Waals surface area contributed by atoms with Crippen molar-refractivity contribution in [2.75, 3.05) is 11.5 Å². The first-order chi connectivity index (χ1) is 11.3. The Morgan fingerprint density at radius 3 is 2.71 bits per heavy atom. The first-order valence-electron chi connectivity index (χ1n) is 6.99. The number of nitro groups is 1. The van der Waals surface area contributed by atoms with E-state index in [1.165, 1.54) is 17.0 Å². The van der Waals surface area contributed by atoms with E-state index in [1.807, 2.05) is 0 Å². The maximum Gasteiger partial charge on any atom is 0.276 e. The van der Waals surface area contributed by atoms with Crippen LogP contribution >= 0.6 is 24.0 Å². The average Bonchev–Trinajstić information content (AvgIpc) is 2.99. The minimum atomic E-state index is -3.15. The summed E-state index contributed by atoms with van der Waals surface area (Å²) in [5.74, 6) is -0.457. The van der Waals surface area contributed by atoms with Crippen LogP contribution in [0.4, 0.5) is 5.69 Å². The molecule has 1 aromatic carbocycles. The van der Waals surface area contributed by atoms with Crippen molar-refractivity contribution in [2.24, 2.45) is 0 Å². The van der Waals surface area contributed by atoms with Crippen LogP contribution < -0.4 is 0 Å². The van der Waals surface area contributed by atoms with Gasteiger partial charge in [-0.25, -0.2) is 8.42 Å². The summed E-state index contributed by atoms with van der Waals surface area (Å²) in [6, 6.07) is 5.63. The van der Waals surface area contributed by atoms with Crippen LogP contribution in [0.2, 0.25) is 0 Å². The number of benzene rings is 1. The number of nitrogens with zero attached hydrogens (tertiary/aromatic N) is 2. The predicted molar refractivity (Wildman–Crippen MR) is 95.2 cm³/mol. The van der Waals surface area contributed by atoms with E-state index in [-0.39, 0.29) is 26.4 Å². The van der Waals surface area contributed by atoms with E-state index in [0.29, 0.717) is 12.0 Å². The van der Waals surface area contributed by atoms with Crippen molar-refractivity contribution in [2.45, 2.75) is 12.5 Å². The molecule has 0 spiro atoms. The van der Waals surface area contributed by atoms with Gasteiger partial charge in [0.25, 0.3) is 11.6 Å².